The minimum absolute atomic E-state index is 0.334. The van der Waals surface area contributed by atoms with E-state index >= 15 is 0 Å². The molecule has 0 aliphatic heterocycles. The second kappa shape index (κ2) is 5.21. The number of aromatic nitrogens is 1. The zero-order chi connectivity index (χ0) is 13.9. The fourth-order valence-corrected chi connectivity index (χ4v) is 2.24. The van der Waals surface area contributed by atoms with E-state index in [1.165, 1.54) is 0 Å². The van der Waals surface area contributed by atoms with Crippen LogP contribution in [-0.4, -0.2) is 10.5 Å². The van der Waals surface area contributed by atoms with Gasteiger partial charge in [-0.2, -0.15) is 0 Å². The van der Waals surface area contributed by atoms with Crippen molar-refractivity contribution in [2.75, 3.05) is 0 Å². The average Bonchev–Trinajstić information content (AvgIpc) is 2.90. The summed E-state index contributed by atoms with van der Waals surface area (Å²) in [4.78, 5) is 12.0. The van der Waals surface area contributed by atoms with Gasteiger partial charge in [0.2, 0.25) is 0 Å². The first-order chi connectivity index (χ1) is 9.78. The van der Waals surface area contributed by atoms with Crippen molar-refractivity contribution in [3.05, 3.63) is 66.4 Å². The number of rotatable bonds is 3. The fourth-order valence-electron chi connectivity index (χ4n) is 2.24. The number of esters is 1. The topological polar surface area (TPSA) is 31.2 Å². The monoisotopic (exact) mass is 265 g/mol. The Kier molecular flexibility index (Phi) is 3.25. The third-order valence-corrected chi connectivity index (χ3v) is 3.31. The zero-order valence-electron chi connectivity index (χ0n) is 11.2. The Bertz CT molecular complexity index is 744. The van der Waals surface area contributed by atoms with Gasteiger partial charge in [0.1, 0.15) is 5.75 Å². The van der Waals surface area contributed by atoms with Crippen LogP contribution in [0.25, 0.3) is 10.9 Å². The molecule has 0 saturated heterocycles. The van der Waals surface area contributed by atoms with Gasteiger partial charge in [0.05, 0.1) is 11.1 Å². The standard InChI is InChI=1S/C17H15NO2/c1-2-18-11-10-13-8-9-15(12-16(13)18)20-17(19)14-6-4-3-5-7-14/h3-12H,2H2,1H3. The number of ether oxygens (including phenoxy) is 1. The largest absolute Gasteiger partial charge is 0.423 e. The summed E-state index contributed by atoms with van der Waals surface area (Å²) in [6.45, 7) is 2.97. The van der Waals surface area contributed by atoms with E-state index in [0.29, 0.717) is 11.3 Å². The molecule has 3 heteroatoms. The van der Waals surface area contributed by atoms with Crippen molar-refractivity contribution in [1.82, 2.24) is 4.57 Å². The molecule has 0 spiro atoms. The molecule has 0 aliphatic carbocycles. The maximum atomic E-state index is 12.0. The average molecular weight is 265 g/mol. The molecule has 0 fully saturated rings. The minimum Gasteiger partial charge on any atom is -0.423 e. The first-order valence-electron chi connectivity index (χ1n) is 6.64. The van der Waals surface area contributed by atoms with E-state index in [4.69, 9.17) is 4.74 Å². The van der Waals surface area contributed by atoms with E-state index < -0.39 is 0 Å². The number of benzene rings is 2. The molecule has 0 atom stereocenters. The van der Waals surface area contributed by atoms with E-state index in [1.54, 1.807) is 12.1 Å². The van der Waals surface area contributed by atoms with Gasteiger partial charge in [0.15, 0.2) is 0 Å². The van der Waals surface area contributed by atoms with E-state index in [2.05, 4.69) is 17.6 Å². The van der Waals surface area contributed by atoms with Gasteiger partial charge < -0.3 is 9.30 Å². The predicted molar refractivity (Wildman–Crippen MR) is 79.0 cm³/mol. The second-order valence-corrected chi connectivity index (χ2v) is 4.58. The molecule has 1 heterocycles. The molecule has 100 valence electrons. The van der Waals surface area contributed by atoms with Crippen LogP contribution in [0.3, 0.4) is 0 Å². The van der Waals surface area contributed by atoms with Crippen LogP contribution in [-0.2, 0) is 6.54 Å². The molecule has 0 unspecified atom stereocenters. The van der Waals surface area contributed by atoms with Crippen molar-refractivity contribution < 1.29 is 9.53 Å². The van der Waals surface area contributed by atoms with Gasteiger partial charge in [-0.1, -0.05) is 18.2 Å². The molecule has 1 aromatic heterocycles. The highest BCUT2D eigenvalue weighted by molar-refractivity contribution is 5.91. The molecule has 3 nitrogen and oxygen atoms in total. The van der Waals surface area contributed by atoms with Crippen LogP contribution in [0, 0.1) is 0 Å². The van der Waals surface area contributed by atoms with E-state index in [0.717, 1.165) is 17.4 Å². The summed E-state index contributed by atoms with van der Waals surface area (Å²) in [7, 11) is 0. The summed E-state index contributed by atoms with van der Waals surface area (Å²) in [6, 6.07) is 16.8. The van der Waals surface area contributed by atoms with E-state index in [1.807, 2.05) is 42.6 Å². The Morgan fingerprint density at radius 3 is 2.65 bits per heavy atom. The van der Waals surface area contributed by atoms with Crippen molar-refractivity contribution in [1.29, 1.82) is 0 Å². The molecule has 0 bridgehead atoms. The molecule has 2 aromatic carbocycles. The van der Waals surface area contributed by atoms with Crippen LogP contribution in [0.4, 0.5) is 0 Å². The molecule has 0 radical (unpaired) electrons. The van der Waals surface area contributed by atoms with Crippen LogP contribution in [0.2, 0.25) is 0 Å². The summed E-state index contributed by atoms with van der Waals surface area (Å²) >= 11 is 0. The van der Waals surface area contributed by atoms with Gasteiger partial charge in [-0.05, 0) is 42.6 Å². The van der Waals surface area contributed by atoms with Gasteiger partial charge in [0, 0.05) is 18.8 Å². The quantitative estimate of drug-likeness (QED) is 0.531. The Hall–Kier alpha value is -2.55. The first-order valence-corrected chi connectivity index (χ1v) is 6.64. The SMILES string of the molecule is CCn1ccc2ccc(OC(=O)c3ccccc3)cc21. The smallest absolute Gasteiger partial charge is 0.343 e. The van der Waals surface area contributed by atoms with E-state index in [-0.39, 0.29) is 5.97 Å². The van der Waals surface area contributed by atoms with Crippen molar-refractivity contribution in [2.45, 2.75) is 13.5 Å². The molecule has 0 saturated carbocycles. The molecular weight excluding hydrogens is 250 g/mol. The number of carbonyl (C=O) groups is 1. The van der Waals surface area contributed by atoms with Crippen molar-refractivity contribution in [3.63, 3.8) is 0 Å². The lowest BCUT2D eigenvalue weighted by Gasteiger charge is -2.06. The van der Waals surface area contributed by atoms with Crippen LogP contribution in [0.15, 0.2) is 60.8 Å². The number of carbonyl (C=O) groups excluding carboxylic acids is 1. The molecular formula is C17H15NO2. The molecule has 3 rings (SSSR count). The number of hydrogen-bond acceptors (Lipinski definition) is 2. The number of aryl methyl sites for hydroxylation is 1. The highest BCUT2D eigenvalue weighted by Crippen LogP contribution is 2.22. The van der Waals surface area contributed by atoms with Gasteiger partial charge >= 0.3 is 5.97 Å². The molecule has 0 amide bonds. The third-order valence-electron chi connectivity index (χ3n) is 3.31. The van der Waals surface area contributed by atoms with E-state index in [9.17, 15) is 4.79 Å². The minimum atomic E-state index is -0.334. The van der Waals surface area contributed by atoms with Crippen LogP contribution >= 0.6 is 0 Å². The Morgan fingerprint density at radius 1 is 1.10 bits per heavy atom. The molecule has 3 aromatic rings. The van der Waals surface area contributed by atoms with Crippen molar-refractivity contribution >= 4 is 16.9 Å². The fraction of sp³-hybridized carbons (Fsp3) is 0.118. The van der Waals surface area contributed by atoms with Gasteiger partial charge in [-0.3, -0.25) is 0 Å². The summed E-state index contributed by atoms with van der Waals surface area (Å²) in [5, 5.41) is 1.14. The normalized spacial score (nSPS) is 10.7. The van der Waals surface area contributed by atoms with Gasteiger partial charge in [-0.15, -0.1) is 0 Å². The zero-order valence-corrected chi connectivity index (χ0v) is 11.2. The lowest BCUT2D eigenvalue weighted by molar-refractivity contribution is 0.0735. The summed E-state index contributed by atoms with van der Waals surface area (Å²) in [5.74, 6) is 0.235. The maximum Gasteiger partial charge on any atom is 0.343 e. The lowest BCUT2D eigenvalue weighted by atomic mass is 10.2. The predicted octanol–water partition coefficient (Wildman–Crippen LogP) is 3.88. The Balaban J connectivity index is 1.89. The second-order valence-electron chi connectivity index (χ2n) is 4.58. The van der Waals surface area contributed by atoms with Gasteiger partial charge in [-0.25, -0.2) is 4.79 Å². The highest BCUT2D eigenvalue weighted by atomic mass is 16.5. The Labute approximate surface area is 117 Å². The van der Waals surface area contributed by atoms with Gasteiger partial charge in [0.25, 0.3) is 0 Å². The van der Waals surface area contributed by atoms with Crippen molar-refractivity contribution in [3.8, 4) is 5.75 Å². The lowest BCUT2D eigenvalue weighted by Crippen LogP contribution is -2.08. The first kappa shape index (κ1) is 12.5. The third kappa shape index (κ3) is 2.30. The summed E-state index contributed by atoms with van der Waals surface area (Å²) < 4.78 is 7.55. The number of nitrogens with zero attached hydrogens (tertiary/aromatic N) is 1. The number of hydrogen-bond donors (Lipinski definition) is 0. The molecule has 0 N–H and O–H groups in total. The number of fused-ring (bicyclic) bond motifs is 1. The summed E-state index contributed by atoms with van der Waals surface area (Å²) in [5.41, 5.74) is 1.63. The van der Waals surface area contributed by atoms with Crippen LogP contribution in [0.1, 0.15) is 17.3 Å². The molecule has 0 aliphatic rings. The Morgan fingerprint density at radius 2 is 1.90 bits per heavy atom. The van der Waals surface area contributed by atoms with Crippen molar-refractivity contribution in [2.24, 2.45) is 0 Å². The van der Waals surface area contributed by atoms with Crippen LogP contribution in [0.5, 0.6) is 5.75 Å². The highest BCUT2D eigenvalue weighted by Gasteiger charge is 2.09. The molecule has 20 heavy (non-hydrogen) atoms. The van der Waals surface area contributed by atoms with Crippen LogP contribution < -0.4 is 4.74 Å². The summed E-state index contributed by atoms with van der Waals surface area (Å²) in [6.07, 6.45) is 2.04. The maximum absolute atomic E-state index is 12.0.